The van der Waals surface area contributed by atoms with Crippen LogP contribution >= 0.6 is 22.7 Å². The fraction of sp³-hybridized carbons (Fsp3) is 0.146. The Morgan fingerprint density at radius 3 is 1.65 bits per heavy atom. The van der Waals surface area contributed by atoms with Crippen LogP contribution in [0.1, 0.15) is 100 Å². The van der Waals surface area contributed by atoms with E-state index in [1.165, 1.54) is 186 Å². The van der Waals surface area contributed by atoms with Gasteiger partial charge in [-0.1, -0.05) is 261 Å². The maximum atomic E-state index is 2.89. The quantitative estimate of drug-likeness (QED) is 0.119. The van der Waals surface area contributed by atoms with Gasteiger partial charge in [-0.15, -0.1) is 22.7 Å². The first-order valence-electron chi connectivity index (χ1n) is 36.8. The summed E-state index contributed by atoms with van der Waals surface area (Å²) in [5.41, 5.74) is 34.5. The van der Waals surface area contributed by atoms with Crippen LogP contribution in [0.2, 0.25) is 0 Å². The fourth-order valence-electron chi connectivity index (χ4n) is 18.2. The van der Waals surface area contributed by atoms with Crippen LogP contribution in [0.15, 0.2) is 336 Å². The minimum Gasteiger partial charge on any atom is -0.309 e. The number of nitrogens with zero attached hydrogens (tertiary/aromatic N) is 2. The smallest absolute Gasteiger partial charge is 0.252 e. The predicted molar refractivity (Wildman–Crippen MR) is 437 cm³/mol. The Morgan fingerprint density at radius 2 is 0.950 bits per heavy atom. The lowest BCUT2D eigenvalue weighted by Gasteiger charge is -2.47. The molecule has 0 fully saturated rings. The molecule has 2 nitrogen and oxygen atoms in total. The number of hydrogen-bond donors (Lipinski definition) is 0. The Bertz CT molecular complexity index is 5810. The van der Waals surface area contributed by atoms with Crippen molar-refractivity contribution in [2.75, 3.05) is 9.80 Å². The van der Waals surface area contributed by atoms with Crippen LogP contribution in [0, 0.1) is 5.92 Å². The summed E-state index contributed by atoms with van der Waals surface area (Å²) in [6, 6.07) is 73.2. The van der Waals surface area contributed by atoms with Crippen molar-refractivity contribution in [3.63, 3.8) is 0 Å². The molecule has 20 rings (SSSR count). The number of thiophene rings is 2. The van der Waals surface area contributed by atoms with Gasteiger partial charge in [-0.25, -0.2) is 0 Å². The van der Waals surface area contributed by atoms with Gasteiger partial charge in [-0.2, -0.15) is 0 Å². The molecule has 4 heterocycles. The van der Waals surface area contributed by atoms with E-state index in [0.717, 1.165) is 83.5 Å². The van der Waals surface area contributed by atoms with Gasteiger partial charge in [0.2, 0.25) is 0 Å². The van der Waals surface area contributed by atoms with E-state index in [1.54, 1.807) is 0 Å². The number of rotatable bonds is 11. The van der Waals surface area contributed by atoms with E-state index < -0.39 is 0 Å². The van der Waals surface area contributed by atoms with Gasteiger partial charge < -0.3 is 9.80 Å². The number of hydrogen-bond acceptors (Lipinski definition) is 4. The minimum absolute atomic E-state index is 0.123. The second-order valence-electron chi connectivity index (χ2n) is 28.6. The van der Waals surface area contributed by atoms with E-state index in [-0.39, 0.29) is 12.6 Å². The first-order valence-corrected chi connectivity index (χ1v) is 38.5. The van der Waals surface area contributed by atoms with Crippen LogP contribution < -0.4 is 26.2 Å². The predicted octanol–water partition coefficient (Wildman–Crippen LogP) is 25.2. The van der Waals surface area contributed by atoms with Crippen LogP contribution in [0.25, 0.3) is 79.3 Å². The SMILES string of the molecule is C1=CCCC(C2=CC(c3cccc(C4=CC(C5=CCCC=C5)=CCC4)c3N3c4cc(-c5ccccc5)cc5c4B(c4ccc6c(sc7ccccc76)c4N5C4=C(c5cccc(-c6ccccc6)c5)CCC=C4C4C=CC=C(C5=CC=CCC5)C4)c4ccc5c(sc6ccccc65)c43)=CCC2)=C1. The Balaban J connectivity index is 0.931. The number of benzene rings is 9. The lowest BCUT2D eigenvalue weighted by Crippen LogP contribution is -2.62. The lowest BCUT2D eigenvalue weighted by molar-refractivity contribution is 0.721. The van der Waals surface area contributed by atoms with E-state index in [0.29, 0.717) is 0 Å². The van der Waals surface area contributed by atoms with Crippen molar-refractivity contribution in [2.24, 2.45) is 5.92 Å². The van der Waals surface area contributed by atoms with Crippen molar-refractivity contribution in [1.82, 2.24) is 0 Å². The summed E-state index contributed by atoms with van der Waals surface area (Å²) in [7, 11) is 0. The zero-order valence-electron chi connectivity index (χ0n) is 56.8. The molecule has 0 N–H and O–H groups in total. The number of anilines is 5. The van der Waals surface area contributed by atoms with E-state index in [4.69, 9.17) is 0 Å². The normalized spacial score (nSPS) is 18.6. The third kappa shape index (κ3) is 10.3. The molecule has 0 radical (unpaired) electrons. The van der Waals surface area contributed by atoms with Gasteiger partial charge in [0, 0.05) is 59.4 Å². The lowest BCUT2D eigenvalue weighted by atomic mass is 9.33. The first kappa shape index (κ1) is 60.4. The molecule has 5 heteroatoms. The van der Waals surface area contributed by atoms with Gasteiger partial charge in [0.25, 0.3) is 6.71 Å². The Hall–Kier alpha value is -10.6. The molecule has 101 heavy (non-hydrogen) atoms. The summed E-state index contributed by atoms with van der Waals surface area (Å²) < 4.78 is 5.29. The van der Waals surface area contributed by atoms with Crippen LogP contribution in [0.5, 0.6) is 0 Å². The van der Waals surface area contributed by atoms with Crippen LogP contribution in [-0.4, -0.2) is 6.71 Å². The second-order valence-corrected chi connectivity index (χ2v) is 30.7. The average molecular weight is 1330 g/mol. The molecule has 9 aromatic carbocycles. The molecule has 0 saturated heterocycles. The van der Waals surface area contributed by atoms with Crippen molar-refractivity contribution in [3.05, 3.63) is 353 Å². The monoisotopic (exact) mass is 1330 g/mol. The van der Waals surface area contributed by atoms with E-state index in [9.17, 15) is 0 Å². The fourth-order valence-corrected chi connectivity index (χ4v) is 20.7. The van der Waals surface area contributed by atoms with Crippen LogP contribution in [0.3, 0.4) is 0 Å². The zero-order chi connectivity index (χ0) is 66.5. The molecule has 1 unspecified atom stereocenters. The average Bonchev–Trinajstić information content (AvgIpc) is 1.66. The van der Waals surface area contributed by atoms with Gasteiger partial charge in [0.15, 0.2) is 0 Å². The summed E-state index contributed by atoms with van der Waals surface area (Å²) in [6.07, 6.45) is 54.6. The molecular formula is C96H75BN2S2. The molecular weight excluding hydrogens is 1260 g/mol. The highest BCUT2D eigenvalue weighted by atomic mass is 32.1. The molecule has 2 aromatic heterocycles. The largest absolute Gasteiger partial charge is 0.309 e. The summed E-state index contributed by atoms with van der Waals surface area (Å²) in [5, 5.41) is 5.24. The summed E-state index contributed by atoms with van der Waals surface area (Å²) in [6.45, 7) is -0.140. The van der Waals surface area contributed by atoms with Gasteiger partial charge in [0.1, 0.15) is 0 Å². The van der Waals surface area contributed by atoms with Gasteiger partial charge >= 0.3 is 0 Å². The van der Waals surface area contributed by atoms with Crippen molar-refractivity contribution in [2.45, 2.75) is 83.5 Å². The first-order chi connectivity index (χ1) is 50.1. The standard InChI is InChI=1S/C96H75BN2S2/c1-6-26-62(27-7-1)67-36-20-40-71(56-67)76-46-24-47-77(72-41-21-37-68(57-72)63-28-8-2-9-29-63)91(76)98-86-60-75(66-34-14-5-15-35-66)61-87-90(86)97(84-54-52-82-80-44-16-18-50-88(80)100-95(82)93(84)98)85-55-53-83-81-45-17-19-51-89(81)101-96(83)94(85)99(87)92-78(73-42-22-38-69(58-73)64-30-10-3-11-31-64)48-25-49-79(92)74-43-23-39-70(59-74)65-32-12-4-13-33-65/h1-3,5-8,10,12,14-21,25-28,30,32-37,39-42,44-45,47-56,58-61,72H,4,9,11,13,22-24,29,31,38,43,46,57H2. The Morgan fingerprint density at radius 1 is 0.376 bits per heavy atom. The number of fused-ring (bicyclic) bond motifs is 12. The molecule has 7 aliphatic carbocycles. The highest BCUT2D eigenvalue weighted by molar-refractivity contribution is 7.27. The Kier molecular flexibility index (Phi) is 15.1. The molecule has 484 valence electrons. The zero-order valence-corrected chi connectivity index (χ0v) is 58.4. The number of allylic oxidation sites excluding steroid dienone is 27. The third-order valence-corrected chi connectivity index (χ3v) is 25.2. The third-order valence-electron chi connectivity index (χ3n) is 22.8. The summed E-state index contributed by atoms with van der Waals surface area (Å²) >= 11 is 3.96. The Labute approximate surface area is 601 Å². The summed E-state index contributed by atoms with van der Waals surface area (Å²) in [4.78, 5) is 5.76. The molecule has 1 atom stereocenters. The molecule has 2 aliphatic heterocycles. The van der Waals surface area contributed by atoms with Gasteiger partial charge in [-0.3, -0.25) is 0 Å². The van der Waals surface area contributed by atoms with Crippen LogP contribution in [0.4, 0.5) is 28.4 Å². The van der Waals surface area contributed by atoms with Crippen LogP contribution in [-0.2, 0) is 0 Å². The summed E-state index contributed by atoms with van der Waals surface area (Å²) in [5.74, 6) is 0.123. The van der Waals surface area contributed by atoms with Crippen molar-refractivity contribution >= 4 is 131 Å². The highest BCUT2D eigenvalue weighted by Crippen LogP contribution is 2.57. The molecule has 0 amide bonds. The van der Waals surface area contributed by atoms with E-state index >= 15 is 0 Å². The van der Waals surface area contributed by atoms with Crippen molar-refractivity contribution < 1.29 is 0 Å². The minimum atomic E-state index is -0.140. The van der Waals surface area contributed by atoms with Crippen molar-refractivity contribution in [1.29, 1.82) is 0 Å². The highest BCUT2D eigenvalue weighted by Gasteiger charge is 2.48. The molecule has 9 aliphatic rings. The molecule has 11 aromatic rings. The maximum absolute atomic E-state index is 2.89. The van der Waals surface area contributed by atoms with E-state index in [2.05, 4.69) is 301 Å². The molecule has 0 saturated carbocycles. The molecule has 0 spiro atoms. The maximum Gasteiger partial charge on any atom is 0.252 e. The van der Waals surface area contributed by atoms with E-state index in [1.807, 2.05) is 22.7 Å². The second kappa shape index (κ2) is 25.3. The topological polar surface area (TPSA) is 6.48 Å². The van der Waals surface area contributed by atoms with Crippen molar-refractivity contribution in [3.8, 4) is 22.3 Å². The molecule has 0 bridgehead atoms. The number of para-hydroxylation sites is 1. The van der Waals surface area contributed by atoms with Gasteiger partial charge in [0.05, 0.1) is 32.2 Å². The van der Waals surface area contributed by atoms with Gasteiger partial charge in [-0.05, 0) is 214 Å².